The van der Waals surface area contributed by atoms with E-state index in [2.05, 4.69) is 25.2 Å². The van der Waals surface area contributed by atoms with Crippen LogP contribution in [0.5, 0.6) is 0 Å². The molecule has 0 radical (unpaired) electrons. The van der Waals surface area contributed by atoms with E-state index in [1.54, 1.807) is 20.4 Å². The standard InChI is InChI=1S/C22H27ClN6O3/c1-22(31)17(32-2)9-16(19(22)30)29-12-26-18-20(24-11-25-21(18)29)27-14-7-8-28(10-14)15-5-3-13(23)4-6-15/h3-6,11-12,14,16-17,19,30-31H,7-10H2,1-2H3,(H,24,25,27)/t14-,16+,17+,19-,22-/m0/s1. The summed E-state index contributed by atoms with van der Waals surface area (Å²) in [5, 5.41) is 25.7. The highest BCUT2D eigenvalue weighted by Gasteiger charge is 2.52. The lowest BCUT2D eigenvalue weighted by Gasteiger charge is -2.28. The fourth-order valence-corrected chi connectivity index (χ4v) is 5.05. The Kier molecular flexibility index (Phi) is 5.45. The summed E-state index contributed by atoms with van der Waals surface area (Å²) >= 11 is 6.01. The first-order valence-corrected chi connectivity index (χ1v) is 11.1. The van der Waals surface area contributed by atoms with Crippen LogP contribution in [0.2, 0.25) is 5.02 Å². The predicted octanol–water partition coefficient (Wildman–Crippen LogP) is 2.24. The molecule has 1 saturated carbocycles. The average Bonchev–Trinajstić information content (AvgIpc) is 3.47. The summed E-state index contributed by atoms with van der Waals surface area (Å²) in [6.07, 6.45) is 3.11. The van der Waals surface area contributed by atoms with Crippen LogP contribution in [0.1, 0.15) is 25.8 Å². The smallest absolute Gasteiger partial charge is 0.165 e. The highest BCUT2D eigenvalue weighted by molar-refractivity contribution is 6.30. The molecule has 9 nitrogen and oxygen atoms in total. The lowest BCUT2D eigenvalue weighted by atomic mass is 10.00. The van der Waals surface area contributed by atoms with Gasteiger partial charge in [-0.05, 0) is 44.0 Å². The first kappa shape index (κ1) is 21.4. The lowest BCUT2D eigenvalue weighted by molar-refractivity contribution is -0.114. The second-order valence-corrected chi connectivity index (χ2v) is 9.23. The number of aliphatic hydroxyl groups is 2. The van der Waals surface area contributed by atoms with Crippen molar-refractivity contribution in [3.8, 4) is 0 Å². The predicted molar refractivity (Wildman–Crippen MR) is 122 cm³/mol. The summed E-state index contributed by atoms with van der Waals surface area (Å²) in [5.41, 5.74) is 1.06. The van der Waals surface area contributed by atoms with Gasteiger partial charge in [0.1, 0.15) is 23.5 Å². The third-order valence-corrected chi connectivity index (χ3v) is 7.04. The fraction of sp³-hybridized carbons (Fsp3) is 0.500. The molecule has 5 atom stereocenters. The average molecular weight is 459 g/mol. The van der Waals surface area contributed by atoms with Crippen molar-refractivity contribution in [3.05, 3.63) is 41.9 Å². The molecule has 2 aliphatic rings. The minimum atomic E-state index is -1.35. The molecule has 1 aliphatic carbocycles. The van der Waals surface area contributed by atoms with Gasteiger partial charge in [-0.15, -0.1) is 0 Å². The Morgan fingerprint density at radius 3 is 2.72 bits per heavy atom. The highest BCUT2D eigenvalue weighted by Crippen LogP contribution is 2.41. The van der Waals surface area contributed by atoms with E-state index in [1.807, 2.05) is 28.8 Å². The number of halogens is 1. The number of aromatic nitrogens is 4. The summed E-state index contributed by atoms with van der Waals surface area (Å²) in [6, 6.07) is 7.69. The summed E-state index contributed by atoms with van der Waals surface area (Å²) in [7, 11) is 1.54. The zero-order chi connectivity index (χ0) is 22.5. The van der Waals surface area contributed by atoms with Crippen LogP contribution in [-0.4, -0.2) is 73.8 Å². The van der Waals surface area contributed by atoms with Gasteiger partial charge in [0.2, 0.25) is 0 Å². The molecule has 2 fully saturated rings. The van der Waals surface area contributed by atoms with Crippen molar-refractivity contribution >= 4 is 34.3 Å². The molecule has 0 bridgehead atoms. The topological polar surface area (TPSA) is 109 Å². The SMILES string of the molecule is CO[C@@H]1C[C@@H](n2cnc3c(N[C@H]4CCN(c5ccc(Cl)cc5)C4)ncnc32)[C@H](O)[C@@]1(C)O. The van der Waals surface area contributed by atoms with Gasteiger partial charge in [0.15, 0.2) is 11.5 Å². The second-order valence-electron chi connectivity index (χ2n) is 8.80. The van der Waals surface area contributed by atoms with Crippen molar-refractivity contribution in [2.75, 3.05) is 30.4 Å². The molecule has 1 aliphatic heterocycles. The van der Waals surface area contributed by atoms with E-state index in [-0.39, 0.29) is 6.04 Å². The van der Waals surface area contributed by atoms with Gasteiger partial charge in [-0.2, -0.15) is 0 Å². The maximum atomic E-state index is 10.8. The number of hydrogen-bond acceptors (Lipinski definition) is 8. The van der Waals surface area contributed by atoms with Gasteiger partial charge in [-0.1, -0.05) is 11.6 Å². The van der Waals surface area contributed by atoms with Crippen molar-refractivity contribution < 1.29 is 14.9 Å². The van der Waals surface area contributed by atoms with Crippen molar-refractivity contribution in [2.45, 2.75) is 49.7 Å². The van der Waals surface area contributed by atoms with Crippen LogP contribution in [0, 0.1) is 0 Å². The Labute approximate surface area is 191 Å². The van der Waals surface area contributed by atoms with Gasteiger partial charge < -0.3 is 29.7 Å². The first-order valence-electron chi connectivity index (χ1n) is 10.8. The molecule has 32 heavy (non-hydrogen) atoms. The van der Waals surface area contributed by atoms with E-state index < -0.39 is 23.9 Å². The van der Waals surface area contributed by atoms with Gasteiger partial charge in [0.25, 0.3) is 0 Å². The van der Waals surface area contributed by atoms with E-state index in [9.17, 15) is 10.2 Å². The van der Waals surface area contributed by atoms with Crippen LogP contribution < -0.4 is 10.2 Å². The lowest BCUT2D eigenvalue weighted by Crippen LogP contribution is -2.45. The third kappa shape index (κ3) is 3.59. The maximum absolute atomic E-state index is 10.8. The van der Waals surface area contributed by atoms with E-state index in [1.165, 1.54) is 6.33 Å². The number of rotatable bonds is 5. The van der Waals surface area contributed by atoms with Crippen LogP contribution in [0.4, 0.5) is 11.5 Å². The quantitative estimate of drug-likeness (QED) is 0.534. The van der Waals surface area contributed by atoms with Gasteiger partial charge >= 0.3 is 0 Å². The summed E-state index contributed by atoms with van der Waals surface area (Å²) in [6.45, 7) is 3.37. The normalized spacial score (nSPS) is 30.3. The van der Waals surface area contributed by atoms with E-state index >= 15 is 0 Å². The second kappa shape index (κ2) is 8.15. The Morgan fingerprint density at radius 2 is 2.00 bits per heavy atom. The largest absolute Gasteiger partial charge is 0.388 e. The number of anilines is 2. The Balaban J connectivity index is 1.36. The molecule has 1 aromatic carbocycles. The molecule has 5 rings (SSSR count). The number of benzene rings is 1. The summed E-state index contributed by atoms with van der Waals surface area (Å²) in [4.78, 5) is 15.7. The first-order chi connectivity index (χ1) is 15.4. The third-order valence-electron chi connectivity index (χ3n) is 6.79. The number of fused-ring (bicyclic) bond motifs is 1. The zero-order valence-corrected chi connectivity index (χ0v) is 18.8. The van der Waals surface area contributed by atoms with Gasteiger partial charge in [0, 0.05) is 37.0 Å². The molecular formula is C22H27ClN6O3. The number of nitrogens with zero attached hydrogens (tertiary/aromatic N) is 5. The molecule has 3 N–H and O–H groups in total. The number of nitrogens with one attached hydrogen (secondary N) is 1. The van der Waals surface area contributed by atoms with Crippen molar-refractivity contribution in [1.29, 1.82) is 0 Å². The molecule has 0 unspecified atom stereocenters. The van der Waals surface area contributed by atoms with Crippen molar-refractivity contribution in [1.82, 2.24) is 19.5 Å². The summed E-state index contributed by atoms with van der Waals surface area (Å²) < 4.78 is 7.22. The number of ether oxygens (including phenoxy) is 1. The van der Waals surface area contributed by atoms with Crippen LogP contribution in [0.15, 0.2) is 36.9 Å². The number of hydrogen-bond donors (Lipinski definition) is 3. The van der Waals surface area contributed by atoms with Crippen molar-refractivity contribution in [3.63, 3.8) is 0 Å². The fourth-order valence-electron chi connectivity index (χ4n) is 4.93. The van der Waals surface area contributed by atoms with Gasteiger partial charge in [-0.3, -0.25) is 0 Å². The summed E-state index contributed by atoms with van der Waals surface area (Å²) in [5.74, 6) is 0.666. The molecule has 0 amide bonds. The van der Waals surface area contributed by atoms with Gasteiger partial charge in [0.05, 0.1) is 18.5 Å². The minimum absolute atomic E-state index is 0.213. The minimum Gasteiger partial charge on any atom is -0.388 e. The van der Waals surface area contributed by atoms with Crippen LogP contribution in [-0.2, 0) is 4.74 Å². The molecule has 0 spiro atoms. The number of aliphatic hydroxyl groups excluding tert-OH is 1. The monoisotopic (exact) mass is 458 g/mol. The number of imidazole rings is 1. The maximum Gasteiger partial charge on any atom is 0.165 e. The van der Waals surface area contributed by atoms with Crippen LogP contribution >= 0.6 is 11.6 Å². The molecule has 1 saturated heterocycles. The molecule has 2 aromatic heterocycles. The van der Waals surface area contributed by atoms with Crippen LogP contribution in [0.25, 0.3) is 11.2 Å². The number of methoxy groups -OCH3 is 1. The molecular weight excluding hydrogens is 432 g/mol. The van der Waals surface area contributed by atoms with Gasteiger partial charge in [-0.25, -0.2) is 15.0 Å². The molecule has 170 valence electrons. The van der Waals surface area contributed by atoms with Crippen molar-refractivity contribution in [2.24, 2.45) is 0 Å². The molecule has 10 heteroatoms. The Bertz CT molecular complexity index is 1100. The highest BCUT2D eigenvalue weighted by atomic mass is 35.5. The molecule has 3 heterocycles. The Hall–Kier alpha value is -2.46. The zero-order valence-electron chi connectivity index (χ0n) is 18.0. The van der Waals surface area contributed by atoms with E-state index in [4.69, 9.17) is 16.3 Å². The van der Waals surface area contributed by atoms with Crippen LogP contribution in [0.3, 0.4) is 0 Å². The van der Waals surface area contributed by atoms with E-state index in [0.29, 0.717) is 23.4 Å². The Morgan fingerprint density at radius 1 is 1.22 bits per heavy atom. The molecule has 3 aromatic rings. The van der Waals surface area contributed by atoms with E-state index in [0.717, 1.165) is 30.2 Å².